The number of thiophene rings is 1. The molecular weight excluding hydrogens is 354 g/mol. The van der Waals surface area contributed by atoms with E-state index in [2.05, 4.69) is 20.4 Å². The lowest BCUT2D eigenvalue weighted by atomic mass is 10.1. The standard InChI is InChI=1S/C17H13N5O3S/c23-14(8-22-9-19-13-5-6-26-15(13)17(22)24)18-7-11-1-3-12(4-2-11)16-20-10-25-21-16/h1-6,9-10H,7-8H2,(H,18,23). The van der Waals surface area contributed by atoms with Crippen LogP contribution in [0, 0.1) is 0 Å². The van der Waals surface area contributed by atoms with Crippen molar-refractivity contribution < 1.29 is 9.32 Å². The number of nitrogens with one attached hydrogen (secondary N) is 1. The Morgan fingerprint density at radius 1 is 1.19 bits per heavy atom. The highest BCUT2D eigenvalue weighted by Gasteiger charge is 2.09. The van der Waals surface area contributed by atoms with Crippen LogP contribution < -0.4 is 10.9 Å². The lowest BCUT2D eigenvalue weighted by Crippen LogP contribution is -2.31. The van der Waals surface area contributed by atoms with Gasteiger partial charge in [-0.1, -0.05) is 29.4 Å². The van der Waals surface area contributed by atoms with Crippen molar-refractivity contribution in [3.05, 3.63) is 64.4 Å². The minimum absolute atomic E-state index is 0.0688. The van der Waals surface area contributed by atoms with E-state index in [4.69, 9.17) is 4.52 Å². The first-order chi connectivity index (χ1) is 12.7. The third kappa shape index (κ3) is 3.24. The van der Waals surface area contributed by atoms with E-state index in [-0.39, 0.29) is 18.0 Å². The van der Waals surface area contributed by atoms with Gasteiger partial charge in [0.05, 0.1) is 11.8 Å². The average Bonchev–Trinajstić information content (AvgIpc) is 3.35. The molecule has 130 valence electrons. The van der Waals surface area contributed by atoms with Crippen molar-refractivity contribution in [2.75, 3.05) is 0 Å². The van der Waals surface area contributed by atoms with Gasteiger partial charge in [0.1, 0.15) is 11.2 Å². The predicted octanol–water partition coefficient (Wildman–Crippen LogP) is 1.82. The van der Waals surface area contributed by atoms with Crippen LogP contribution >= 0.6 is 11.3 Å². The Balaban J connectivity index is 1.39. The zero-order valence-electron chi connectivity index (χ0n) is 13.5. The van der Waals surface area contributed by atoms with Crippen LogP contribution in [0.15, 0.2) is 57.8 Å². The van der Waals surface area contributed by atoms with Crippen LogP contribution in [0.2, 0.25) is 0 Å². The van der Waals surface area contributed by atoms with Gasteiger partial charge in [0.2, 0.25) is 18.1 Å². The van der Waals surface area contributed by atoms with Crippen LogP contribution in [0.5, 0.6) is 0 Å². The molecule has 0 atom stereocenters. The largest absolute Gasteiger partial charge is 0.350 e. The average molecular weight is 367 g/mol. The van der Waals surface area contributed by atoms with Crippen molar-refractivity contribution in [3.8, 4) is 11.4 Å². The molecule has 0 radical (unpaired) electrons. The van der Waals surface area contributed by atoms with E-state index >= 15 is 0 Å². The highest BCUT2D eigenvalue weighted by Crippen LogP contribution is 2.15. The van der Waals surface area contributed by atoms with Gasteiger partial charge in [-0.2, -0.15) is 4.98 Å². The minimum Gasteiger partial charge on any atom is -0.350 e. The number of nitrogens with zero attached hydrogens (tertiary/aromatic N) is 4. The smallest absolute Gasteiger partial charge is 0.271 e. The van der Waals surface area contributed by atoms with Gasteiger partial charge in [0.25, 0.3) is 5.56 Å². The molecule has 1 amide bonds. The lowest BCUT2D eigenvalue weighted by molar-refractivity contribution is -0.121. The van der Waals surface area contributed by atoms with Crippen LogP contribution in [0.1, 0.15) is 5.56 Å². The Morgan fingerprint density at radius 2 is 2.04 bits per heavy atom. The summed E-state index contributed by atoms with van der Waals surface area (Å²) < 4.78 is 6.58. The topological polar surface area (TPSA) is 103 Å². The molecule has 0 spiro atoms. The molecule has 0 saturated carbocycles. The summed E-state index contributed by atoms with van der Waals surface area (Å²) in [4.78, 5) is 32.6. The zero-order chi connectivity index (χ0) is 17.9. The number of hydrogen-bond acceptors (Lipinski definition) is 7. The molecular formula is C17H13N5O3S. The summed E-state index contributed by atoms with van der Waals surface area (Å²) in [6.07, 6.45) is 2.67. The molecule has 26 heavy (non-hydrogen) atoms. The third-order valence-electron chi connectivity index (χ3n) is 3.81. The first-order valence-corrected chi connectivity index (χ1v) is 8.64. The molecule has 1 aromatic carbocycles. The lowest BCUT2D eigenvalue weighted by Gasteiger charge is -2.07. The van der Waals surface area contributed by atoms with Gasteiger partial charge >= 0.3 is 0 Å². The van der Waals surface area contributed by atoms with E-state index in [9.17, 15) is 9.59 Å². The van der Waals surface area contributed by atoms with Crippen molar-refractivity contribution in [2.45, 2.75) is 13.1 Å². The first-order valence-electron chi connectivity index (χ1n) is 7.76. The van der Waals surface area contributed by atoms with Gasteiger partial charge in [-0.05, 0) is 17.0 Å². The van der Waals surface area contributed by atoms with E-state index in [1.54, 1.807) is 6.07 Å². The summed E-state index contributed by atoms with van der Waals surface area (Å²) in [5, 5.41) is 8.38. The quantitative estimate of drug-likeness (QED) is 0.577. The monoisotopic (exact) mass is 367 g/mol. The molecule has 0 unspecified atom stereocenters. The fourth-order valence-electron chi connectivity index (χ4n) is 2.47. The Bertz CT molecular complexity index is 1100. The summed E-state index contributed by atoms with van der Waals surface area (Å²) in [6, 6.07) is 9.23. The normalized spacial score (nSPS) is 10.9. The zero-order valence-corrected chi connectivity index (χ0v) is 14.3. The summed E-state index contributed by atoms with van der Waals surface area (Å²) in [5.74, 6) is 0.253. The van der Waals surface area contributed by atoms with Gasteiger partial charge in [0.15, 0.2) is 0 Å². The molecule has 0 saturated heterocycles. The van der Waals surface area contributed by atoms with Gasteiger partial charge in [-0.15, -0.1) is 11.3 Å². The van der Waals surface area contributed by atoms with E-state index in [1.807, 2.05) is 29.6 Å². The number of rotatable bonds is 5. The van der Waals surface area contributed by atoms with Gasteiger partial charge in [-0.25, -0.2) is 4.98 Å². The summed E-state index contributed by atoms with van der Waals surface area (Å²) in [7, 11) is 0. The van der Waals surface area contributed by atoms with Crippen molar-refractivity contribution in [1.29, 1.82) is 0 Å². The molecule has 0 fully saturated rings. The summed E-state index contributed by atoms with van der Waals surface area (Å²) in [5.41, 5.74) is 2.20. The first kappa shape index (κ1) is 16.2. The fourth-order valence-corrected chi connectivity index (χ4v) is 3.26. The molecule has 8 nitrogen and oxygen atoms in total. The molecule has 3 aromatic heterocycles. The van der Waals surface area contributed by atoms with Crippen molar-refractivity contribution in [1.82, 2.24) is 25.0 Å². The van der Waals surface area contributed by atoms with Crippen molar-refractivity contribution in [2.24, 2.45) is 0 Å². The van der Waals surface area contributed by atoms with Crippen molar-refractivity contribution in [3.63, 3.8) is 0 Å². The summed E-state index contributed by atoms with van der Waals surface area (Å²) >= 11 is 1.32. The number of fused-ring (bicyclic) bond motifs is 1. The van der Waals surface area contributed by atoms with Crippen LogP contribution in [0.4, 0.5) is 0 Å². The maximum Gasteiger partial charge on any atom is 0.271 e. The van der Waals surface area contributed by atoms with Crippen LogP contribution in [0.25, 0.3) is 21.6 Å². The SMILES string of the molecule is O=C(Cn1cnc2ccsc2c1=O)NCc1ccc(-c2ncon2)cc1. The summed E-state index contributed by atoms with van der Waals surface area (Å²) in [6.45, 7) is 0.287. The van der Waals surface area contributed by atoms with Gasteiger partial charge < -0.3 is 9.84 Å². The molecule has 0 bridgehead atoms. The number of carbonyl (C=O) groups is 1. The number of aromatic nitrogens is 4. The van der Waals surface area contributed by atoms with Gasteiger partial charge in [0, 0.05) is 12.1 Å². The Kier molecular flexibility index (Phi) is 4.28. The highest BCUT2D eigenvalue weighted by atomic mass is 32.1. The molecule has 0 aliphatic carbocycles. The maximum absolute atomic E-state index is 12.3. The molecule has 0 aliphatic rings. The van der Waals surface area contributed by atoms with E-state index in [0.29, 0.717) is 22.6 Å². The third-order valence-corrected chi connectivity index (χ3v) is 4.70. The molecule has 1 N–H and O–H groups in total. The van der Waals surface area contributed by atoms with E-state index < -0.39 is 0 Å². The molecule has 0 aliphatic heterocycles. The van der Waals surface area contributed by atoms with Crippen molar-refractivity contribution >= 4 is 27.5 Å². The van der Waals surface area contributed by atoms with Crippen LogP contribution in [-0.2, 0) is 17.9 Å². The number of benzene rings is 1. The number of amides is 1. The van der Waals surface area contributed by atoms with E-state index in [1.165, 1.54) is 28.6 Å². The number of hydrogen-bond donors (Lipinski definition) is 1. The fraction of sp³-hybridized carbons (Fsp3) is 0.118. The predicted molar refractivity (Wildman–Crippen MR) is 95.5 cm³/mol. The van der Waals surface area contributed by atoms with Crippen LogP contribution in [0.3, 0.4) is 0 Å². The second-order valence-corrected chi connectivity index (χ2v) is 6.46. The number of carbonyl (C=O) groups excluding carboxylic acids is 1. The molecule has 3 heterocycles. The minimum atomic E-state index is -0.257. The maximum atomic E-state index is 12.3. The second-order valence-electron chi connectivity index (χ2n) is 5.54. The van der Waals surface area contributed by atoms with Gasteiger partial charge in [-0.3, -0.25) is 14.2 Å². The molecule has 9 heteroatoms. The Morgan fingerprint density at radius 3 is 2.81 bits per heavy atom. The van der Waals surface area contributed by atoms with E-state index in [0.717, 1.165) is 11.1 Å². The second kappa shape index (κ2) is 6.89. The Hall–Kier alpha value is -3.33. The molecule has 4 rings (SSSR count). The highest BCUT2D eigenvalue weighted by molar-refractivity contribution is 7.17. The van der Waals surface area contributed by atoms with Crippen LogP contribution in [-0.4, -0.2) is 25.6 Å². The molecule has 4 aromatic rings. The Labute approximate surface area is 151 Å².